The first kappa shape index (κ1) is 16.9. The number of benzene rings is 1. The van der Waals surface area contributed by atoms with Gasteiger partial charge in [-0.2, -0.15) is 0 Å². The first-order valence-corrected chi connectivity index (χ1v) is 8.73. The molecular formula is C20H27N3O. The van der Waals surface area contributed by atoms with Crippen LogP contribution in [0, 0.1) is 0 Å². The SMILES string of the molecule is CC1CN(Cc2cccc(NC(C)c3cccnc3)c2)CC(C)O1. The molecule has 1 fully saturated rings. The molecule has 2 aromatic rings. The van der Waals surface area contributed by atoms with Crippen molar-refractivity contribution in [1.29, 1.82) is 0 Å². The van der Waals surface area contributed by atoms with Crippen molar-refractivity contribution in [2.24, 2.45) is 0 Å². The van der Waals surface area contributed by atoms with Crippen molar-refractivity contribution in [2.75, 3.05) is 18.4 Å². The minimum absolute atomic E-state index is 0.234. The predicted molar refractivity (Wildman–Crippen MR) is 98.0 cm³/mol. The van der Waals surface area contributed by atoms with E-state index in [1.807, 2.05) is 12.3 Å². The summed E-state index contributed by atoms with van der Waals surface area (Å²) in [5, 5.41) is 3.57. The predicted octanol–water partition coefficient (Wildman–Crippen LogP) is 3.86. The van der Waals surface area contributed by atoms with Crippen LogP contribution in [0.3, 0.4) is 0 Å². The molecule has 24 heavy (non-hydrogen) atoms. The Morgan fingerprint density at radius 1 is 1.21 bits per heavy atom. The van der Waals surface area contributed by atoms with Gasteiger partial charge in [-0.05, 0) is 50.1 Å². The zero-order valence-electron chi connectivity index (χ0n) is 14.8. The summed E-state index contributed by atoms with van der Waals surface area (Å²) in [6.45, 7) is 9.42. The van der Waals surface area contributed by atoms with E-state index in [0.717, 1.165) is 25.3 Å². The number of rotatable bonds is 5. The molecule has 1 aliphatic heterocycles. The lowest BCUT2D eigenvalue weighted by atomic mass is 10.1. The summed E-state index contributed by atoms with van der Waals surface area (Å²) in [5.41, 5.74) is 3.68. The van der Waals surface area contributed by atoms with Crippen molar-refractivity contribution in [3.05, 3.63) is 59.9 Å². The van der Waals surface area contributed by atoms with Crippen LogP contribution in [0.2, 0.25) is 0 Å². The fraction of sp³-hybridized carbons (Fsp3) is 0.450. The summed E-state index contributed by atoms with van der Waals surface area (Å²) in [7, 11) is 0. The lowest BCUT2D eigenvalue weighted by Crippen LogP contribution is -2.44. The molecule has 1 aromatic carbocycles. The molecule has 4 heteroatoms. The molecular weight excluding hydrogens is 298 g/mol. The molecule has 1 aliphatic rings. The summed E-state index contributed by atoms with van der Waals surface area (Å²) in [5.74, 6) is 0. The zero-order chi connectivity index (χ0) is 16.9. The van der Waals surface area contributed by atoms with Crippen LogP contribution in [-0.4, -0.2) is 35.2 Å². The van der Waals surface area contributed by atoms with E-state index >= 15 is 0 Å². The number of hydrogen-bond donors (Lipinski definition) is 1. The van der Waals surface area contributed by atoms with Crippen molar-refractivity contribution in [2.45, 2.75) is 45.6 Å². The Morgan fingerprint density at radius 3 is 2.71 bits per heavy atom. The number of anilines is 1. The largest absolute Gasteiger partial charge is 0.378 e. The normalized spacial score (nSPS) is 23.0. The first-order valence-electron chi connectivity index (χ1n) is 8.73. The maximum atomic E-state index is 5.82. The van der Waals surface area contributed by atoms with Crippen molar-refractivity contribution in [1.82, 2.24) is 9.88 Å². The van der Waals surface area contributed by atoms with Gasteiger partial charge in [0.2, 0.25) is 0 Å². The maximum Gasteiger partial charge on any atom is 0.0678 e. The Bertz CT molecular complexity index is 636. The highest BCUT2D eigenvalue weighted by Crippen LogP contribution is 2.21. The zero-order valence-corrected chi connectivity index (χ0v) is 14.8. The van der Waals surface area contributed by atoms with Gasteiger partial charge in [0, 0.05) is 37.7 Å². The summed E-state index contributed by atoms with van der Waals surface area (Å²) >= 11 is 0. The molecule has 1 N–H and O–H groups in total. The molecule has 128 valence electrons. The van der Waals surface area contributed by atoms with E-state index in [9.17, 15) is 0 Å². The van der Waals surface area contributed by atoms with Crippen molar-refractivity contribution < 1.29 is 4.74 Å². The summed E-state index contributed by atoms with van der Waals surface area (Å²) < 4.78 is 5.82. The van der Waals surface area contributed by atoms with E-state index in [-0.39, 0.29) is 6.04 Å². The van der Waals surface area contributed by atoms with E-state index in [4.69, 9.17) is 4.74 Å². The van der Waals surface area contributed by atoms with Crippen molar-refractivity contribution in [3.63, 3.8) is 0 Å². The molecule has 0 amide bonds. The van der Waals surface area contributed by atoms with Gasteiger partial charge in [-0.15, -0.1) is 0 Å². The van der Waals surface area contributed by atoms with Crippen molar-refractivity contribution in [3.8, 4) is 0 Å². The Labute approximate surface area is 144 Å². The number of hydrogen-bond acceptors (Lipinski definition) is 4. The molecule has 3 atom stereocenters. The average Bonchev–Trinajstić information content (AvgIpc) is 2.55. The Balaban J connectivity index is 1.64. The Kier molecular flexibility index (Phi) is 5.48. The second kappa shape index (κ2) is 7.77. The second-order valence-corrected chi connectivity index (χ2v) is 6.80. The highest BCUT2D eigenvalue weighted by Gasteiger charge is 2.22. The lowest BCUT2D eigenvalue weighted by Gasteiger charge is -2.35. The summed E-state index contributed by atoms with van der Waals surface area (Å²) in [6.07, 6.45) is 4.33. The molecule has 0 spiro atoms. The number of aromatic nitrogens is 1. The molecule has 0 saturated carbocycles. The Hall–Kier alpha value is -1.91. The fourth-order valence-corrected chi connectivity index (χ4v) is 3.40. The second-order valence-electron chi connectivity index (χ2n) is 6.80. The molecule has 4 nitrogen and oxygen atoms in total. The van der Waals surface area contributed by atoms with Crippen molar-refractivity contribution >= 4 is 5.69 Å². The van der Waals surface area contributed by atoms with Gasteiger partial charge in [-0.1, -0.05) is 18.2 Å². The highest BCUT2D eigenvalue weighted by molar-refractivity contribution is 5.47. The van der Waals surface area contributed by atoms with Crippen LogP contribution in [0.5, 0.6) is 0 Å². The molecule has 1 saturated heterocycles. The van der Waals surface area contributed by atoms with Crippen LogP contribution in [0.1, 0.15) is 37.9 Å². The molecule has 1 aromatic heterocycles. The van der Waals surface area contributed by atoms with E-state index < -0.39 is 0 Å². The lowest BCUT2D eigenvalue weighted by molar-refractivity contribution is -0.0704. The number of ether oxygens (including phenoxy) is 1. The van der Waals surface area contributed by atoms with Gasteiger partial charge in [0.25, 0.3) is 0 Å². The van der Waals surface area contributed by atoms with Crippen LogP contribution >= 0.6 is 0 Å². The quantitative estimate of drug-likeness (QED) is 0.906. The van der Waals surface area contributed by atoms with E-state index in [1.165, 1.54) is 11.1 Å². The van der Waals surface area contributed by atoms with Gasteiger partial charge in [-0.3, -0.25) is 9.88 Å². The molecule has 2 heterocycles. The maximum absolute atomic E-state index is 5.82. The average molecular weight is 325 g/mol. The van der Waals surface area contributed by atoms with E-state index in [1.54, 1.807) is 6.20 Å². The molecule has 0 bridgehead atoms. The first-order chi connectivity index (χ1) is 11.6. The van der Waals surface area contributed by atoms with Crippen LogP contribution in [-0.2, 0) is 11.3 Å². The molecule has 0 radical (unpaired) electrons. The fourth-order valence-electron chi connectivity index (χ4n) is 3.40. The molecule has 0 aliphatic carbocycles. The molecule has 3 rings (SSSR count). The standard InChI is InChI=1S/C20H27N3O/c1-15-12-23(13-16(2)24-15)14-18-6-4-8-20(10-18)22-17(3)19-7-5-9-21-11-19/h4-11,15-17,22H,12-14H2,1-3H3. The number of pyridine rings is 1. The summed E-state index contributed by atoms with van der Waals surface area (Å²) in [6, 6.07) is 13.0. The van der Waals surface area contributed by atoms with Gasteiger partial charge in [0.15, 0.2) is 0 Å². The van der Waals surface area contributed by atoms with Gasteiger partial charge in [0.05, 0.1) is 18.2 Å². The molecule has 3 unspecified atom stereocenters. The van der Waals surface area contributed by atoms with Crippen LogP contribution in [0.4, 0.5) is 5.69 Å². The third-order valence-corrected chi connectivity index (χ3v) is 4.40. The Morgan fingerprint density at radius 2 is 2.00 bits per heavy atom. The van der Waals surface area contributed by atoms with E-state index in [2.05, 4.69) is 66.3 Å². The monoisotopic (exact) mass is 325 g/mol. The summed E-state index contributed by atoms with van der Waals surface area (Å²) in [4.78, 5) is 6.67. The van der Waals surface area contributed by atoms with Gasteiger partial charge in [-0.25, -0.2) is 0 Å². The van der Waals surface area contributed by atoms with Gasteiger partial charge < -0.3 is 10.1 Å². The third-order valence-electron chi connectivity index (χ3n) is 4.40. The minimum Gasteiger partial charge on any atom is -0.378 e. The smallest absolute Gasteiger partial charge is 0.0678 e. The third kappa shape index (κ3) is 4.56. The van der Waals surface area contributed by atoms with Gasteiger partial charge >= 0.3 is 0 Å². The van der Waals surface area contributed by atoms with Crippen LogP contribution in [0.25, 0.3) is 0 Å². The number of nitrogens with zero attached hydrogens (tertiary/aromatic N) is 2. The number of nitrogens with one attached hydrogen (secondary N) is 1. The minimum atomic E-state index is 0.234. The van der Waals surface area contributed by atoms with Crippen LogP contribution in [0.15, 0.2) is 48.8 Å². The van der Waals surface area contributed by atoms with Gasteiger partial charge in [0.1, 0.15) is 0 Å². The topological polar surface area (TPSA) is 37.4 Å². The van der Waals surface area contributed by atoms with E-state index in [0.29, 0.717) is 12.2 Å². The highest BCUT2D eigenvalue weighted by atomic mass is 16.5. The van der Waals surface area contributed by atoms with Crippen LogP contribution < -0.4 is 5.32 Å². The number of morpholine rings is 1.